The minimum absolute atomic E-state index is 0.123. The Morgan fingerprint density at radius 3 is 2.68 bits per heavy atom. The van der Waals surface area contributed by atoms with Crippen molar-refractivity contribution >= 4 is 6.03 Å². The number of benzene rings is 2. The van der Waals surface area contributed by atoms with E-state index in [1.807, 2.05) is 18.2 Å². The summed E-state index contributed by atoms with van der Waals surface area (Å²) < 4.78 is 0. The first-order chi connectivity index (χ1) is 12.2. The second kappa shape index (κ2) is 8.10. The molecular weight excluding hydrogens is 314 g/mol. The average Bonchev–Trinajstić information content (AvgIpc) is 3.15. The number of hydrogen-bond donors (Lipinski definition) is 2. The average molecular weight is 335 g/mol. The molecule has 0 fully saturated rings. The molecule has 6 nitrogen and oxygen atoms in total. The van der Waals surface area contributed by atoms with Crippen LogP contribution in [0.2, 0.25) is 0 Å². The molecule has 0 bridgehead atoms. The number of nitrogens with one attached hydrogen (secondary N) is 2. The molecule has 6 heteroatoms. The van der Waals surface area contributed by atoms with Gasteiger partial charge in [-0.1, -0.05) is 54.6 Å². The van der Waals surface area contributed by atoms with Crippen LogP contribution in [0.1, 0.15) is 11.3 Å². The van der Waals surface area contributed by atoms with Crippen molar-refractivity contribution in [2.75, 3.05) is 13.6 Å². The van der Waals surface area contributed by atoms with Gasteiger partial charge < -0.3 is 10.2 Å². The molecule has 3 aromatic rings. The molecular formula is C19H21N5O. The van der Waals surface area contributed by atoms with E-state index in [1.165, 1.54) is 16.7 Å². The number of carbonyl (C=O) groups excluding carboxylic acids is 1. The van der Waals surface area contributed by atoms with Gasteiger partial charge in [0.2, 0.25) is 0 Å². The maximum absolute atomic E-state index is 12.1. The van der Waals surface area contributed by atoms with E-state index in [0.29, 0.717) is 13.1 Å². The van der Waals surface area contributed by atoms with E-state index in [2.05, 4.69) is 57.1 Å². The molecule has 0 aliphatic carbocycles. The number of amides is 2. The maximum atomic E-state index is 12.1. The summed E-state index contributed by atoms with van der Waals surface area (Å²) in [6.45, 7) is 1.01. The van der Waals surface area contributed by atoms with Gasteiger partial charge in [-0.05, 0) is 23.1 Å². The number of nitrogens with zero attached hydrogens (tertiary/aromatic N) is 3. The molecule has 0 saturated carbocycles. The highest BCUT2D eigenvalue weighted by Gasteiger charge is 2.09. The largest absolute Gasteiger partial charge is 0.338 e. The van der Waals surface area contributed by atoms with E-state index in [-0.39, 0.29) is 6.03 Å². The minimum Gasteiger partial charge on any atom is -0.338 e. The summed E-state index contributed by atoms with van der Waals surface area (Å²) in [7, 11) is 1.74. The summed E-state index contributed by atoms with van der Waals surface area (Å²) in [6, 6.07) is 18.6. The molecule has 2 amide bonds. The van der Waals surface area contributed by atoms with Crippen LogP contribution in [-0.4, -0.2) is 39.9 Å². The minimum atomic E-state index is -0.123. The van der Waals surface area contributed by atoms with Crippen molar-refractivity contribution in [2.24, 2.45) is 0 Å². The maximum Gasteiger partial charge on any atom is 0.317 e. The monoisotopic (exact) mass is 335 g/mol. The van der Waals surface area contributed by atoms with Crippen molar-refractivity contribution in [3.05, 3.63) is 72.1 Å². The molecule has 0 unspecified atom stereocenters. The molecule has 0 aliphatic heterocycles. The number of rotatable bonds is 6. The van der Waals surface area contributed by atoms with Gasteiger partial charge in [0.25, 0.3) is 0 Å². The SMILES string of the molecule is CN(Cc1cn[nH]n1)C(=O)NCCc1cccc(-c2ccccc2)c1. The standard InChI is InChI=1S/C19H21N5O/c1-24(14-18-13-21-23-22-18)19(25)20-11-10-15-6-5-9-17(12-15)16-7-3-2-4-8-16/h2-9,12-13H,10-11,14H2,1H3,(H,20,25)(H,21,22,23). The number of carbonyl (C=O) groups is 1. The highest BCUT2D eigenvalue weighted by atomic mass is 16.2. The fourth-order valence-corrected chi connectivity index (χ4v) is 2.60. The molecule has 2 N–H and O–H groups in total. The third-order valence-electron chi connectivity index (χ3n) is 3.93. The molecule has 0 spiro atoms. The van der Waals surface area contributed by atoms with Crippen LogP contribution in [0.3, 0.4) is 0 Å². The molecule has 2 aromatic carbocycles. The van der Waals surface area contributed by atoms with Crippen LogP contribution in [0.4, 0.5) is 4.79 Å². The number of hydrogen-bond acceptors (Lipinski definition) is 3. The lowest BCUT2D eigenvalue weighted by Crippen LogP contribution is -2.37. The smallest absolute Gasteiger partial charge is 0.317 e. The van der Waals surface area contributed by atoms with Crippen LogP contribution < -0.4 is 5.32 Å². The van der Waals surface area contributed by atoms with Gasteiger partial charge in [0, 0.05) is 13.6 Å². The molecule has 25 heavy (non-hydrogen) atoms. The van der Waals surface area contributed by atoms with Crippen LogP contribution in [0.5, 0.6) is 0 Å². The predicted octanol–water partition coefficient (Wildman–Crippen LogP) is 2.86. The first-order valence-electron chi connectivity index (χ1n) is 8.20. The molecule has 1 heterocycles. The Bertz CT molecular complexity index is 802. The second-order valence-corrected chi connectivity index (χ2v) is 5.87. The first-order valence-corrected chi connectivity index (χ1v) is 8.20. The van der Waals surface area contributed by atoms with E-state index in [1.54, 1.807) is 18.1 Å². The fourth-order valence-electron chi connectivity index (χ4n) is 2.60. The summed E-state index contributed by atoms with van der Waals surface area (Å²) >= 11 is 0. The lowest BCUT2D eigenvalue weighted by Gasteiger charge is -2.16. The predicted molar refractivity (Wildman–Crippen MR) is 96.8 cm³/mol. The Kier molecular flexibility index (Phi) is 5.41. The molecule has 0 atom stereocenters. The van der Waals surface area contributed by atoms with Gasteiger partial charge in [-0.2, -0.15) is 15.4 Å². The number of urea groups is 1. The zero-order valence-corrected chi connectivity index (χ0v) is 14.1. The Morgan fingerprint density at radius 1 is 1.12 bits per heavy atom. The van der Waals surface area contributed by atoms with Crippen LogP contribution in [0, 0.1) is 0 Å². The van der Waals surface area contributed by atoms with Crippen molar-refractivity contribution in [3.63, 3.8) is 0 Å². The number of aromatic nitrogens is 3. The zero-order chi connectivity index (χ0) is 17.5. The molecule has 3 rings (SSSR count). The number of aromatic amines is 1. The van der Waals surface area contributed by atoms with Crippen LogP contribution in [-0.2, 0) is 13.0 Å². The molecule has 0 aliphatic rings. The highest BCUT2D eigenvalue weighted by molar-refractivity contribution is 5.73. The molecule has 0 radical (unpaired) electrons. The summed E-state index contributed by atoms with van der Waals surface area (Å²) in [4.78, 5) is 13.7. The first kappa shape index (κ1) is 16.7. The van der Waals surface area contributed by atoms with Crippen LogP contribution in [0.15, 0.2) is 60.8 Å². The van der Waals surface area contributed by atoms with E-state index < -0.39 is 0 Å². The third kappa shape index (κ3) is 4.67. The van der Waals surface area contributed by atoms with Gasteiger partial charge in [0.1, 0.15) is 5.69 Å². The third-order valence-corrected chi connectivity index (χ3v) is 3.93. The number of H-pyrrole nitrogens is 1. The Balaban J connectivity index is 1.51. The summed E-state index contributed by atoms with van der Waals surface area (Å²) in [6.07, 6.45) is 2.39. The lowest BCUT2D eigenvalue weighted by molar-refractivity contribution is 0.206. The van der Waals surface area contributed by atoms with E-state index in [0.717, 1.165) is 12.1 Å². The Morgan fingerprint density at radius 2 is 1.92 bits per heavy atom. The Hall–Kier alpha value is -3.15. The second-order valence-electron chi connectivity index (χ2n) is 5.87. The summed E-state index contributed by atoms with van der Waals surface area (Å²) in [5.74, 6) is 0. The van der Waals surface area contributed by atoms with Crippen molar-refractivity contribution in [3.8, 4) is 11.1 Å². The van der Waals surface area contributed by atoms with Gasteiger partial charge in [-0.25, -0.2) is 4.79 Å². The molecule has 1 aromatic heterocycles. The van der Waals surface area contributed by atoms with Crippen LogP contribution in [0.25, 0.3) is 11.1 Å². The van der Waals surface area contributed by atoms with Crippen LogP contribution >= 0.6 is 0 Å². The normalized spacial score (nSPS) is 10.4. The van der Waals surface area contributed by atoms with Gasteiger partial charge in [-0.3, -0.25) is 0 Å². The lowest BCUT2D eigenvalue weighted by atomic mass is 10.0. The zero-order valence-electron chi connectivity index (χ0n) is 14.1. The summed E-state index contributed by atoms with van der Waals surface area (Å²) in [5, 5.41) is 13.2. The van der Waals surface area contributed by atoms with E-state index in [4.69, 9.17) is 0 Å². The quantitative estimate of drug-likeness (QED) is 0.727. The topological polar surface area (TPSA) is 73.9 Å². The van der Waals surface area contributed by atoms with Crippen molar-refractivity contribution in [2.45, 2.75) is 13.0 Å². The summed E-state index contributed by atoms with van der Waals surface area (Å²) in [5.41, 5.74) is 4.31. The van der Waals surface area contributed by atoms with Gasteiger partial charge >= 0.3 is 6.03 Å². The van der Waals surface area contributed by atoms with Crippen molar-refractivity contribution in [1.82, 2.24) is 25.6 Å². The molecule has 0 saturated heterocycles. The van der Waals surface area contributed by atoms with Crippen molar-refractivity contribution < 1.29 is 4.79 Å². The van der Waals surface area contributed by atoms with Crippen molar-refractivity contribution in [1.29, 1.82) is 0 Å². The fraction of sp³-hybridized carbons (Fsp3) is 0.211. The van der Waals surface area contributed by atoms with Gasteiger partial charge in [0.05, 0.1) is 12.7 Å². The van der Waals surface area contributed by atoms with Gasteiger partial charge in [-0.15, -0.1) is 0 Å². The Labute approximate surface area is 146 Å². The van der Waals surface area contributed by atoms with E-state index in [9.17, 15) is 4.79 Å². The molecule has 128 valence electrons. The van der Waals surface area contributed by atoms with E-state index >= 15 is 0 Å². The highest BCUT2D eigenvalue weighted by Crippen LogP contribution is 2.20. The van der Waals surface area contributed by atoms with Gasteiger partial charge in [0.15, 0.2) is 0 Å².